The van der Waals surface area contributed by atoms with Gasteiger partial charge in [-0.15, -0.1) is 0 Å². The fourth-order valence-electron chi connectivity index (χ4n) is 2.30. The van der Waals surface area contributed by atoms with Crippen molar-refractivity contribution in [3.05, 3.63) is 58.3 Å². The number of pyridine rings is 1. The molecule has 0 aliphatic heterocycles. The minimum absolute atomic E-state index is 0.292. The van der Waals surface area contributed by atoms with Gasteiger partial charge in [0.1, 0.15) is 0 Å². The van der Waals surface area contributed by atoms with Crippen LogP contribution in [0, 0.1) is 0 Å². The average Bonchev–Trinajstić information content (AvgIpc) is 2.49. The summed E-state index contributed by atoms with van der Waals surface area (Å²) in [6.07, 6.45) is 2.75. The molecule has 2 aromatic rings. The Morgan fingerprint density at radius 2 is 1.86 bits per heavy atom. The lowest BCUT2D eigenvalue weighted by Gasteiger charge is -2.20. The number of hydrogen-bond acceptors (Lipinski definition) is 3. The van der Waals surface area contributed by atoms with E-state index in [0.717, 1.165) is 23.1 Å². The lowest BCUT2D eigenvalue weighted by Crippen LogP contribution is -2.23. The molecule has 1 aromatic heterocycles. The predicted molar refractivity (Wildman–Crippen MR) is 92.8 cm³/mol. The molecule has 1 aromatic carbocycles. The molecule has 0 aliphatic carbocycles. The minimum atomic E-state index is 0.292. The lowest BCUT2D eigenvalue weighted by molar-refractivity contribution is 0.544. The van der Waals surface area contributed by atoms with Crippen molar-refractivity contribution in [2.75, 3.05) is 25.5 Å². The fourth-order valence-corrected chi connectivity index (χ4v) is 2.53. The zero-order valence-corrected chi connectivity index (χ0v) is 14.4. The SMILES string of the molecule is CCNC(Cc1ccc(Br)cn1)c1ccc(N(C)C)cc1. The Balaban J connectivity index is 2.15. The molecule has 2 rings (SSSR count). The van der Waals surface area contributed by atoms with Gasteiger partial charge < -0.3 is 10.2 Å². The molecule has 1 unspecified atom stereocenters. The van der Waals surface area contributed by atoms with Crippen LogP contribution in [0.3, 0.4) is 0 Å². The fraction of sp³-hybridized carbons (Fsp3) is 0.353. The van der Waals surface area contributed by atoms with Crippen molar-refractivity contribution in [1.82, 2.24) is 10.3 Å². The summed E-state index contributed by atoms with van der Waals surface area (Å²) < 4.78 is 1.02. The van der Waals surface area contributed by atoms with Crippen molar-refractivity contribution < 1.29 is 0 Å². The van der Waals surface area contributed by atoms with E-state index in [9.17, 15) is 0 Å². The second-order valence-corrected chi connectivity index (χ2v) is 6.18. The van der Waals surface area contributed by atoms with Gasteiger partial charge in [0.15, 0.2) is 0 Å². The molecular formula is C17H22BrN3. The Kier molecular flexibility index (Phi) is 5.76. The van der Waals surface area contributed by atoms with Crippen molar-refractivity contribution in [3.8, 4) is 0 Å². The smallest absolute Gasteiger partial charge is 0.0423 e. The second kappa shape index (κ2) is 7.57. The normalized spacial score (nSPS) is 12.2. The molecule has 112 valence electrons. The molecule has 1 atom stereocenters. The van der Waals surface area contributed by atoms with Crippen molar-refractivity contribution in [2.24, 2.45) is 0 Å². The standard InChI is InChI=1S/C17H22BrN3/c1-4-19-17(11-15-8-7-14(18)12-20-15)13-5-9-16(10-6-13)21(2)3/h5-10,12,17,19H,4,11H2,1-3H3. The zero-order chi connectivity index (χ0) is 15.2. The van der Waals surface area contributed by atoms with Gasteiger partial charge in [0.25, 0.3) is 0 Å². The highest BCUT2D eigenvalue weighted by atomic mass is 79.9. The highest BCUT2D eigenvalue weighted by Crippen LogP contribution is 2.21. The van der Waals surface area contributed by atoms with Crippen LogP contribution in [0.4, 0.5) is 5.69 Å². The van der Waals surface area contributed by atoms with E-state index >= 15 is 0 Å². The second-order valence-electron chi connectivity index (χ2n) is 5.27. The first-order valence-corrected chi connectivity index (χ1v) is 8.00. The number of likely N-dealkylation sites (N-methyl/N-ethyl adjacent to an activating group) is 1. The third-order valence-electron chi connectivity index (χ3n) is 3.46. The highest BCUT2D eigenvalue weighted by molar-refractivity contribution is 9.10. The third kappa shape index (κ3) is 4.55. The van der Waals surface area contributed by atoms with Crippen LogP contribution in [0.1, 0.15) is 24.2 Å². The Morgan fingerprint density at radius 3 is 2.38 bits per heavy atom. The molecule has 0 amide bonds. The van der Waals surface area contributed by atoms with Crippen molar-refractivity contribution in [1.29, 1.82) is 0 Å². The van der Waals surface area contributed by atoms with Crippen molar-refractivity contribution in [2.45, 2.75) is 19.4 Å². The zero-order valence-electron chi connectivity index (χ0n) is 12.8. The third-order valence-corrected chi connectivity index (χ3v) is 3.93. The Hall–Kier alpha value is -1.39. The van der Waals surface area contributed by atoms with Crippen molar-refractivity contribution >= 4 is 21.6 Å². The summed E-state index contributed by atoms with van der Waals surface area (Å²) in [6.45, 7) is 3.08. The molecule has 0 saturated carbocycles. The Morgan fingerprint density at radius 1 is 1.14 bits per heavy atom. The van der Waals surface area contributed by atoms with Crippen LogP contribution < -0.4 is 10.2 Å². The molecule has 21 heavy (non-hydrogen) atoms. The largest absolute Gasteiger partial charge is 0.378 e. The van der Waals surface area contributed by atoms with Crippen molar-refractivity contribution in [3.63, 3.8) is 0 Å². The Labute approximate surface area is 135 Å². The van der Waals surface area contributed by atoms with E-state index in [2.05, 4.69) is 82.5 Å². The molecule has 3 nitrogen and oxygen atoms in total. The van der Waals surface area contributed by atoms with Gasteiger partial charge in [-0.2, -0.15) is 0 Å². The van der Waals surface area contributed by atoms with E-state index in [0.29, 0.717) is 6.04 Å². The molecule has 0 spiro atoms. The van der Waals surface area contributed by atoms with Gasteiger partial charge >= 0.3 is 0 Å². The van der Waals surface area contributed by atoms with Crippen LogP contribution in [0.25, 0.3) is 0 Å². The first-order chi connectivity index (χ1) is 10.1. The number of anilines is 1. The summed E-state index contributed by atoms with van der Waals surface area (Å²) >= 11 is 3.43. The van der Waals surface area contributed by atoms with Crippen LogP contribution in [0.2, 0.25) is 0 Å². The van der Waals surface area contributed by atoms with E-state index in [4.69, 9.17) is 0 Å². The molecule has 0 radical (unpaired) electrons. The number of nitrogens with zero attached hydrogens (tertiary/aromatic N) is 2. The van der Waals surface area contributed by atoms with E-state index in [1.165, 1.54) is 11.3 Å². The summed E-state index contributed by atoms with van der Waals surface area (Å²) in [5, 5.41) is 3.55. The topological polar surface area (TPSA) is 28.2 Å². The van der Waals surface area contributed by atoms with Crippen LogP contribution in [-0.4, -0.2) is 25.6 Å². The minimum Gasteiger partial charge on any atom is -0.378 e. The number of aromatic nitrogens is 1. The van der Waals surface area contributed by atoms with E-state index in [1.54, 1.807) is 0 Å². The number of halogens is 1. The quantitative estimate of drug-likeness (QED) is 0.861. The highest BCUT2D eigenvalue weighted by Gasteiger charge is 2.12. The van der Waals surface area contributed by atoms with Gasteiger partial charge in [-0.25, -0.2) is 0 Å². The monoisotopic (exact) mass is 347 g/mol. The van der Waals surface area contributed by atoms with Gasteiger partial charge in [-0.3, -0.25) is 4.98 Å². The van der Waals surface area contributed by atoms with Gasteiger partial charge in [0.05, 0.1) is 0 Å². The molecule has 4 heteroatoms. The molecular weight excluding hydrogens is 326 g/mol. The number of hydrogen-bond donors (Lipinski definition) is 1. The van der Waals surface area contributed by atoms with Crippen LogP contribution in [0.15, 0.2) is 47.1 Å². The van der Waals surface area contributed by atoms with Crippen LogP contribution in [0.5, 0.6) is 0 Å². The molecule has 1 heterocycles. The number of rotatable bonds is 6. The number of benzene rings is 1. The number of nitrogens with one attached hydrogen (secondary N) is 1. The summed E-state index contributed by atoms with van der Waals surface area (Å²) in [7, 11) is 4.12. The van der Waals surface area contributed by atoms with Crippen LogP contribution >= 0.6 is 15.9 Å². The first kappa shape index (κ1) is 16.0. The summed E-state index contributed by atoms with van der Waals surface area (Å²) in [5.41, 5.74) is 3.61. The molecule has 0 aliphatic rings. The average molecular weight is 348 g/mol. The molecule has 1 N–H and O–H groups in total. The maximum absolute atomic E-state index is 4.48. The molecule has 0 saturated heterocycles. The van der Waals surface area contributed by atoms with Crippen LogP contribution in [-0.2, 0) is 6.42 Å². The van der Waals surface area contributed by atoms with E-state index in [1.807, 2.05) is 12.3 Å². The summed E-state index contributed by atoms with van der Waals surface area (Å²) in [6, 6.07) is 13.1. The van der Waals surface area contributed by atoms with Gasteiger partial charge in [0, 0.05) is 48.6 Å². The lowest BCUT2D eigenvalue weighted by atomic mass is 10.0. The summed E-state index contributed by atoms with van der Waals surface area (Å²) in [5.74, 6) is 0. The van der Waals surface area contributed by atoms with E-state index in [-0.39, 0.29) is 0 Å². The Bertz CT molecular complexity index is 549. The first-order valence-electron chi connectivity index (χ1n) is 7.21. The van der Waals surface area contributed by atoms with Gasteiger partial charge in [0.2, 0.25) is 0 Å². The van der Waals surface area contributed by atoms with E-state index < -0.39 is 0 Å². The van der Waals surface area contributed by atoms with Gasteiger partial charge in [-0.1, -0.05) is 19.1 Å². The predicted octanol–water partition coefficient (Wildman–Crippen LogP) is 3.80. The maximum Gasteiger partial charge on any atom is 0.0423 e. The maximum atomic E-state index is 4.48. The molecule has 0 bridgehead atoms. The summed E-state index contributed by atoms with van der Waals surface area (Å²) in [4.78, 5) is 6.59. The molecule has 0 fully saturated rings. The van der Waals surface area contributed by atoms with Gasteiger partial charge in [-0.05, 0) is 52.3 Å².